The lowest BCUT2D eigenvalue weighted by atomic mass is 10.1. The minimum atomic E-state index is -0.612. The highest BCUT2D eigenvalue weighted by Crippen LogP contribution is 2.36. The Morgan fingerprint density at radius 1 is 0.558 bits per heavy atom. The number of benzene rings is 6. The fraction of sp³-hybridized carbons (Fsp3) is 0.133. The molecular weight excluding hydrogens is 655 g/mol. The van der Waals surface area contributed by atoms with Crippen molar-refractivity contribution in [3.63, 3.8) is 0 Å². The first-order valence-corrected chi connectivity index (χ1v) is 17.1. The van der Waals surface area contributed by atoms with Crippen molar-refractivity contribution >= 4 is 11.9 Å². The van der Waals surface area contributed by atoms with Crippen LogP contribution in [-0.4, -0.2) is 10.9 Å². The second-order valence-electron chi connectivity index (χ2n) is 11.4. The number of carbonyl (C=O) groups excluding carboxylic acids is 1. The average molecular weight is 697 g/mol. The van der Waals surface area contributed by atoms with Gasteiger partial charge < -0.3 is 24.1 Å². The highest BCUT2D eigenvalue weighted by Gasteiger charge is 2.20. The molecule has 0 radical (unpaired) electrons. The van der Waals surface area contributed by atoms with Crippen molar-refractivity contribution in [1.82, 2.24) is 0 Å². The number of phenols is 1. The van der Waals surface area contributed by atoms with Gasteiger partial charge in [0.2, 0.25) is 0 Å². The Balaban J connectivity index is 0.00000257. The Morgan fingerprint density at radius 2 is 0.962 bits per heavy atom. The number of rotatable bonds is 15. The van der Waals surface area contributed by atoms with Crippen LogP contribution in [0.1, 0.15) is 52.0 Å². The lowest BCUT2D eigenvalue weighted by molar-refractivity contribution is 0.104. The van der Waals surface area contributed by atoms with Crippen LogP contribution >= 0.6 is 0 Å². The number of hydrogen-bond acceptors (Lipinski definition) is 6. The van der Waals surface area contributed by atoms with Crippen molar-refractivity contribution in [1.29, 1.82) is 0 Å². The van der Waals surface area contributed by atoms with E-state index in [1.165, 1.54) is 30.4 Å². The third-order valence-electron chi connectivity index (χ3n) is 7.74. The van der Waals surface area contributed by atoms with Gasteiger partial charge >= 0.3 is 0 Å². The molecule has 0 unspecified atom stereocenters. The van der Waals surface area contributed by atoms with Crippen molar-refractivity contribution in [2.24, 2.45) is 0 Å². The highest BCUT2D eigenvalue weighted by molar-refractivity contribution is 6.10. The van der Waals surface area contributed by atoms with Gasteiger partial charge in [0.15, 0.2) is 17.3 Å². The van der Waals surface area contributed by atoms with Crippen molar-refractivity contribution < 1.29 is 33.2 Å². The van der Waals surface area contributed by atoms with E-state index < -0.39 is 11.6 Å². The first kappa shape index (κ1) is 36.9. The number of carbonyl (C=O) groups is 1. The van der Waals surface area contributed by atoms with Gasteiger partial charge in [0.05, 0.1) is 0 Å². The summed E-state index contributed by atoms with van der Waals surface area (Å²) in [6, 6.07) is 43.8. The molecule has 0 fully saturated rings. The number of allylic oxidation sites excluding steroid dienone is 1. The second kappa shape index (κ2) is 19.2. The molecule has 7 heteroatoms. The standard InChI is InChI=1S/C43H35FO6.C2H6/c44-37-26-41(49-29-33-17-9-3-10-18-33)40(48-28-32-15-7-2-8-16-32)23-35(37)21-22-38(45)43-39(46)24-36(47-27-31-13-5-1-6-14-31)25-42(43)50-30-34-19-11-4-12-20-34;1-2/h1-26,46H,27-30H2;1-2H3/b22-21+;. The van der Waals surface area contributed by atoms with Gasteiger partial charge in [-0.15, -0.1) is 0 Å². The zero-order chi connectivity index (χ0) is 36.5. The molecule has 0 amide bonds. The zero-order valence-corrected chi connectivity index (χ0v) is 29.2. The van der Waals surface area contributed by atoms with Gasteiger partial charge in [0.25, 0.3) is 0 Å². The van der Waals surface area contributed by atoms with E-state index in [9.17, 15) is 9.90 Å². The summed E-state index contributed by atoms with van der Waals surface area (Å²) < 4.78 is 39.6. The van der Waals surface area contributed by atoms with Crippen molar-refractivity contribution in [2.45, 2.75) is 40.3 Å². The molecule has 0 atom stereocenters. The third kappa shape index (κ3) is 10.6. The zero-order valence-electron chi connectivity index (χ0n) is 29.2. The summed E-state index contributed by atoms with van der Waals surface area (Å²) in [6.07, 6.45) is 2.53. The SMILES string of the molecule is CC.O=C(/C=C/c1cc(OCc2ccccc2)c(OCc2ccccc2)cc1F)c1c(O)cc(OCc2ccccc2)cc1OCc1ccccc1. The van der Waals surface area contributed by atoms with E-state index in [2.05, 4.69) is 0 Å². The van der Waals surface area contributed by atoms with E-state index in [1.807, 2.05) is 135 Å². The van der Waals surface area contributed by atoms with Gasteiger partial charge in [-0.1, -0.05) is 135 Å². The summed E-state index contributed by atoms with van der Waals surface area (Å²) in [6.45, 7) is 4.84. The topological polar surface area (TPSA) is 74.2 Å². The molecule has 0 saturated carbocycles. The molecule has 6 aromatic rings. The normalized spacial score (nSPS) is 10.6. The maximum absolute atomic E-state index is 15.5. The molecule has 52 heavy (non-hydrogen) atoms. The average Bonchev–Trinajstić information content (AvgIpc) is 3.19. The Labute approximate surface area is 304 Å². The number of ether oxygens (including phenoxy) is 4. The summed E-state index contributed by atoms with van der Waals surface area (Å²) in [5, 5.41) is 11.1. The molecule has 0 saturated heterocycles. The summed E-state index contributed by atoms with van der Waals surface area (Å²) in [5.74, 6) is -0.533. The van der Waals surface area contributed by atoms with E-state index >= 15 is 4.39 Å². The minimum Gasteiger partial charge on any atom is -0.507 e. The van der Waals surface area contributed by atoms with E-state index in [0.717, 1.165) is 22.3 Å². The summed E-state index contributed by atoms with van der Waals surface area (Å²) in [7, 11) is 0. The van der Waals surface area contributed by atoms with Crippen LogP contribution in [0.3, 0.4) is 0 Å². The first-order chi connectivity index (χ1) is 25.5. The Bertz CT molecular complexity index is 2030. The lowest BCUT2D eigenvalue weighted by Crippen LogP contribution is -2.05. The van der Waals surface area contributed by atoms with Crippen LogP contribution in [0.4, 0.5) is 4.39 Å². The third-order valence-corrected chi connectivity index (χ3v) is 7.74. The molecule has 0 bridgehead atoms. The van der Waals surface area contributed by atoms with E-state index in [-0.39, 0.29) is 54.8 Å². The van der Waals surface area contributed by atoms with Crippen LogP contribution in [0.5, 0.6) is 28.7 Å². The Hall–Kier alpha value is -6.34. The van der Waals surface area contributed by atoms with E-state index in [4.69, 9.17) is 18.9 Å². The van der Waals surface area contributed by atoms with Crippen LogP contribution in [-0.2, 0) is 26.4 Å². The fourth-order valence-corrected chi connectivity index (χ4v) is 5.12. The molecule has 264 valence electrons. The fourth-order valence-electron chi connectivity index (χ4n) is 5.12. The number of phenolic OH excluding ortho intramolecular Hbond substituents is 1. The van der Waals surface area contributed by atoms with Crippen molar-refractivity contribution in [2.75, 3.05) is 0 Å². The number of hydrogen-bond donors (Lipinski definition) is 1. The van der Waals surface area contributed by atoms with Gasteiger partial charge in [0.1, 0.15) is 55.1 Å². The van der Waals surface area contributed by atoms with Crippen molar-refractivity contribution in [3.8, 4) is 28.7 Å². The highest BCUT2D eigenvalue weighted by atomic mass is 19.1. The number of aromatic hydroxyl groups is 1. The molecule has 0 aliphatic rings. The van der Waals surface area contributed by atoms with E-state index in [1.54, 1.807) is 6.07 Å². The second-order valence-corrected chi connectivity index (χ2v) is 11.4. The minimum absolute atomic E-state index is 0.0759. The maximum atomic E-state index is 15.5. The molecule has 6 aromatic carbocycles. The summed E-state index contributed by atoms with van der Waals surface area (Å²) in [4.78, 5) is 13.6. The van der Waals surface area contributed by atoms with Crippen LogP contribution in [0.2, 0.25) is 0 Å². The van der Waals surface area contributed by atoms with Gasteiger partial charge in [-0.05, 0) is 40.5 Å². The van der Waals surface area contributed by atoms with Gasteiger partial charge in [-0.3, -0.25) is 4.79 Å². The molecule has 0 aliphatic heterocycles. The van der Waals surface area contributed by atoms with Crippen molar-refractivity contribution in [3.05, 3.63) is 191 Å². The molecular formula is C45H41FO6. The predicted molar refractivity (Wildman–Crippen MR) is 202 cm³/mol. The first-order valence-electron chi connectivity index (χ1n) is 17.1. The van der Waals surface area contributed by atoms with Crippen LogP contribution in [0.15, 0.2) is 152 Å². The number of halogens is 1. The van der Waals surface area contributed by atoms with Crippen LogP contribution in [0.25, 0.3) is 6.08 Å². The largest absolute Gasteiger partial charge is 0.507 e. The van der Waals surface area contributed by atoms with Gasteiger partial charge in [-0.2, -0.15) is 0 Å². The predicted octanol–water partition coefficient (Wildman–Crippen LogP) is 10.8. The maximum Gasteiger partial charge on any atom is 0.193 e. The lowest BCUT2D eigenvalue weighted by Gasteiger charge is -2.15. The van der Waals surface area contributed by atoms with Gasteiger partial charge in [0, 0.05) is 23.8 Å². The van der Waals surface area contributed by atoms with Crippen LogP contribution in [0, 0.1) is 5.82 Å². The molecule has 0 aliphatic carbocycles. The molecule has 0 spiro atoms. The monoisotopic (exact) mass is 696 g/mol. The molecule has 6 rings (SSSR count). The summed E-state index contributed by atoms with van der Waals surface area (Å²) >= 11 is 0. The smallest absolute Gasteiger partial charge is 0.193 e. The molecule has 0 aromatic heterocycles. The Kier molecular flexibility index (Phi) is 13.6. The molecule has 6 nitrogen and oxygen atoms in total. The number of ketones is 1. The van der Waals surface area contributed by atoms with E-state index in [0.29, 0.717) is 11.5 Å². The van der Waals surface area contributed by atoms with Gasteiger partial charge in [-0.25, -0.2) is 4.39 Å². The quantitative estimate of drug-likeness (QED) is 0.0851. The Morgan fingerprint density at radius 3 is 1.42 bits per heavy atom. The molecule has 1 N–H and O–H groups in total. The molecule has 0 heterocycles. The summed E-state index contributed by atoms with van der Waals surface area (Å²) in [5.41, 5.74) is 3.67. The van der Waals surface area contributed by atoms with Crippen LogP contribution < -0.4 is 18.9 Å².